The van der Waals surface area contributed by atoms with Crippen LogP contribution in [0.2, 0.25) is 0 Å². The third kappa shape index (κ3) is 2.59. The fourth-order valence-corrected chi connectivity index (χ4v) is 6.33. The van der Waals surface area contributed by atoms with Crippen LogP contribution < -0.4 is 14.5 Å². The summed E-state index contributed by atoms with van der Waals surface area (Å²) in [5, 5.41) is 9.74. The van der Waals surface area contributed by atoms with E-state index >= 15 is 0 Å². The number of anilines is 2. The summed E-state index contributed by atoms with van der Waals surface area (Å²) in [6, 6.07) is 10.3. The van der Waals surface area contributed by atoms with Crippen molar-refractivity contribution >= 4 is 40.5 Å². The van der Waals surface area contributed by atoms with Crippen LogP contribution in [0.1, 0.15) is 38.8 Å². The van der Waals surface area contributed by atoms with Crippen LogP contribution in [0.5, 0.6) is 11.5 Å². The number of rotatable bonds is 3. The number of carbonyl (C=O) groups excluding carboxylic acids is 2. The van der Waals surface area contributed by atoms with Crippen molar-refractivity contribution in [3.05, 3.63) is 53.6 Å². The molecule has 2 aromatic carbocycles. The van der Waals surface area contributed by atoms with E-state index in [0.717, 1.165) is 22.4 Å². The number of hydrogen-bond donors (Lipinski definition) is 1. The summed E-state index contributed by atoms with van der Waals surface area (Å²) >= 11 is 1.35. The van der Waals surface area contributed by atoms with Gasteiger partial charge in [0.25, 0.3) is 5.91 Å². The molecule has 31 heavy (non-hydrogen) atoms. The van der Waals surface area contributed by atoms with Crippen molar-refractivity contribution in [3.63, 3.8) is 0 Å². The molecule has 3 aliphatic rings. The molecule has 5 rings (SSSR count). The van der Waals surface area contributed by atoms with E-state index in [1.165, 1.54) is 23.9 Å². The lowest BCUT2D eigenvalue weighted by molar-refractivity contribution is -0.124. The summed E-state index contributed by atoms with van der Waals surface area (Å²) in [6.07, 6.45) is 2.10. The SMILES string of the molecule is CCOc1cc2c3c(c1)C1(SCC(=O)N1c1ccc(O)cc1)C(=O)N3C(C)(C)C=C2C. The Morgan fingerprint density at radius 3 is 2.52 bits per heavy atom. The van der Waals surface area contributed by atoms with Gasteiger partial charge in [0, 0.05) is 16.8 Å². The Morgan fingerprint density at radius 2 is 1.84 bits per heavy atom. The predicted octanol–water partition coefficient (Wildman–Crippen LogP) is 4.27. The van der Waals surface area contributed by atoms with Crippen LogP contribution in [0, 0.1) is 0 Å². The van der Waals surface area contributed by atoms with Crippen molar-refractivity contribution in [3.8, 4) is 11.5 Å². The minimum atomic E-state index is -1.21. The van der Waals surface area contributed by atoms with Crippen molar-refractivity contribution in [1.82, 2.24) is 0 Å². The molecule has 0 radical (unpaired) electrons. The van der Waals surface area contributed by atoms with Gasteiger partial charge in [-0.3, -0.25) is 19.4 Å². The van der Waals surface area contributed by atoms with Gasteiger partial charge in [-0.25, -0.2) is 0 Å². The summed E-state index contributed by atoms with van der Waals surface area (Å²) in [5.74, 6) is 0.720. The predicted molar refractivity (Wildman–Crippen MR) is 123 cm³/mol. The monoisotopic (exact) mass is 436 g/mol. The smallest absolute Gasteiger partial charge is 0.269 e. The van der Waals surface area contributed by atoms with E-state index in [9.17, 15) is 14.7 Å². The highest BCUT2D eigenvalue weighted by atomic mass is 32.2. The molecule has 3 aliphatic heterocycles. The summed E-state index contributed by atoms with van der Waals surface area (Å²) in [4.78, 5) is 29.5. The zero-order valence-corrected chi connectivity index (χ0v) is 18.7. The van der Waals surface area contributed by atoms with Crippen LogP contribution in [0.4, 0.5) is 11.4 Å². The number of benzene rings is 2. The van der Waals surface area contributed by atoms with Gasteiger partial charge in [-0.1, -0.05) is 6.08 Å². The number of ether oxygens (including phenoxy) is 1. The van der Waals surface area contributed by atoms with E-state index in [4.69, 9.17) is 4.74 Å². The molecule has 160 valence electrons. The van der Waals surface area contributed by atoms with E-state index in [2.05, 4.69) is 6.08 Å². The van der Waals surface area contributed by atoms with Crippen molar-refractivity contribution in [1.29, 1.82) is 0 Å². The first-order chi connectivity index (χ1) is 14.7. The molecule has 0 aliphatic carbocycles. The maximum atomic E-state index is 14.2. The molecule has 6 nitrogen and oxygen atoms in total. The lowest BCUT2D eigenvalue weighted by Gasteiger charge is -2.40. The van der Waals surface area contributed by atoms with E-state index in [0.29, 0.717) is 18.0 Å². The molecule has 1 atom stereocenters. The largest absolute Gasteiger partial charge is 0.508 e. The second-order valence-electron chi connectivity index (χ2n) is 8.60. The summed E-state index contributed by atoms with van der Waals surface area (Å²) in [6.45, 7) is 8.51. The van der Waals surface area contributed by atoms with Crippen LogP contribution in [-0.2, 0) is 14.5 Å². The van der Waals surface area contributed by atoms with Gasteiger partial charge in [0.1, 0.15) is 11.5 Å². The fraction of sp³-hybridized carbons (Fsp3) is 0.333. The highest BCUT2D eigenvalue weighted by molar-refractivity contribution is 8.02. The van der Waals surface area contributed by atoms with Crippen molar-refractivity contribution in [2.75, 3.05) is 22.2 Å². The minimum absolute atomic E-state index is 0.108. The minimum Gasteiger partial charge on any atom is -0.508 e. The second kappa shape index (κ2) is 6.53. The van der Waals surface area contributed by atoms with Crippen LogP contribution in [0.25, 0.3) is 5.57 Å². The molecule has 1 spiro atoms. The summed E-state index contributed by atoms with van der Waals surface area (Å²) < 4.78 is 5.85. The van der Waals surface area contributed by atoms with Gasteiger partial charge in [-0.05, 0) is 69.7 Å². The van der Waals surface area contributed by atoms with Crippen LogP contribution in [0.15, 0.2) is 42.5 Å². The second-order valence-corrected chi connectivity index (χ2v) is 9.77. The molecule has 0 aromatic heterocycles. The normalized spacial score (nSPS) is 23.4. The molecular weight excluding hydrogens is 412 g/mol. The van der Waals surface area contributed by atoms with Crippen LogP contribution >= 0.6 is 11.8 Å². The number of nitrogens with zero attached hydrogens (tertiary/aromatic N) is 2. The number of phenols is 1. The maximum absolute atomic E-state index is 14.2. The molecule has 2 aromatic rings. The fourth-order valence-electron chi connectivity index (χ4n) is 5.00. The molecule has 1 saturated heterocycles. The number of hydrogen-bond acceptors (Lipinski definition) is 5. The Morgan fingerprint density at radius 1 is 1.13 bits per heavy atom. The van der Waals surface area contributed by atoms with Crippen molar-refractivity contribution in [2.24, 2.45) is 0 Å². The molecule has 7 heteroatoms. The molecule has 3 heterocycles. The van der Waals surface area contributed by atoms with Crippen LogP contribution in [-0.4, -0.2) is 34.8 Å². The highest BCUT2D eigenvalue weighted by Crippen LogP contribution is 2.60. The van der Waals surface area contributed by atoms with E-state index in [-0.39, 0.29) is 23.3 Å². The Balaban J connectivity index is 1.81. The Hall–Kier alpha value is -2.93. The molecule has 0 saturated carbocycles. The van der Waals surface area contributed by atoms with Gasteiger partial charge >= 0.3 is 0 Å². The summed E-state index contributed by atoms with van der Waals surface area (Å²) in [7, 11) is 0. The first-order valence-corrected chi connectivity index (χ1v) is 11.3. The molecule has 0 bridgehead atoms. The van der Waals surface area contributed by atoms with Crippen LogP contribution in [0.3, 0.4) is 0 Å². The molecule has 2 amide bonds. The zero-order chi connectivity index (χ0) is 22.1. The molecule has 1 N–H and O–H groups in total. The Kier molecular flexibility index (Phi) is 4.21. The van der Waals surface area contributed by atoms with Gasteiger partial charge in [0.2, 0.25) is 10.8 Å². The van der Waals surface area contributed by atoms with Crippen molar-refractivity contribution in [2.45, 2.75) is 38.1 Å². The number of fused-ring (bicyclic) bond motifs is 1. The van der Waals surface area contributed by atoms with Gasteiger partial charge in [0.05, 0.1) is 23.6 Å². The number of thioether (sulfide) groups is 1. The van der Waals surface area contributed by atoms with Gasteiger partial charge < -0.3 is 9.84 Å². The number of carbonyl (C=O) groups is 2. The summed E-state index contributed by atoms with van der Waals surface area (Å²) in [5.41, 5.74) is 3.71. The first kappa shape index (κ1) is 20.0. The third-order valence-electron chi connectivity index (χ3n) is 6.12. The Labute approximate surface area is 185 Å². The topological polar surface area (TPSA) is 70.1 Å². The van der Waals surface area contributed by atoms with Gasteiger partial charge in [-0.15, -0.1) is 11.8 Å². The molecule has 1 unspecified atom stereocenters. The highest BCUT2D eigenvalue weighted by Gasteiger charge is 2.64. The maximum Gasteiger partial charge on any atom is 0.269 e. The lowest BCUT2D eigenvalue weighted by Crippen LogP contribution is -2.54. The first-order valence-electron chi connectivity index (χ1n) is 10.3. The van der Waals surface area contributed by atoms with Crippen molar-refractivity contribution < 1.29 is 19.4 Å². The number of aromatic hydroxyl groups is 1. The number of allylic oxidation sites excluding steroid dienone is 1. The molecular formula is C24H24N2O4S. The van der Waals surface area contributed by atoms with E-state index < -0.39 is 10.4 Å². The Bertz CT molecular complexity index is 1150. The standard InChI is InChI=1S/C24H24N2O4S/c1-5-30-17-10-18-14(2)12-23(3,4)26-21(18)19(11-17)24(22(26)29)25(20(28)13-31-24)15-6-8-16(27)9-7-15/h6-12,27H,5,13H2,1-4H3. The molecule has 1 fully saturated rings. The average Bonchev–Trinajstić information content (AvgIpc) is 3.18. The average molecular weight is 437 g/mol. The number of amides is 2. The van der Waals surface area contributed by atoms with Gasteiger partial charge in [-0.2, -0.15) is 0 Å². The quantitative estimate of drug-likeness (QED) is 0.778. The zero-order valence-electron chi connectivity index (χ0n) is 17.9. The lowest BCUT2D eigenvalue weighted by atomic mass is 9.89. The van der Waals surface area contributed by atoms with E-state index in [1.54, 1.807) is 17.0 Å². The van der Waals surface area contributed by atoms with Gasteiger partial charge in [0.15, 0.2) is 0 Å². The number of phenolic OH excluding ortho intramolecular Hbond substituents is 1. The van der Waals surface area contributed by atoms with E-state index in [1.807, 2.05) is 44.7 Å². The third-order valence-corrected chi connectivity index (χ3v) is 7.51.